The summed E-state index contributed by atoms with van der Waals surface area (Å²) in [5, 5.41) is 0. The van der Waals surface area contributed by atoms with Gasteiger partial charge in [0.05, 0.1) is 0 Å². The van der Waals surface area contributed by atoms with E-state index in [1.807, 2.05) is 0 Å². The standard InChI is InChI=1S/C19H28/c1-13-11-15-16(12-14(13)19(6)9-10-19)18(4,5)8-7-17(15,2)3/h11-12H,7-10H2,1-6H3. The summed E-state index contributed by atoms with van der Waals surface area (Å²) in [4.78, 5) is 0. The lowest BCUT2D eigenvalue weighted by atomic mass is 9.62. The zero-order chi connectivity index (χ0) is 14.1. The van der Waals surface area contributed by atoms with Crippen molar-refractivity contribution in [3.8, 4) is 0 Å². The van der Waals surface area contributed by atoms with E-state index < -0.39 is 0 Å². The predicted octanol–water partition coefficient (Wildman–Crippen LogP) is 5.40. The minimum Gasteiger partial charge on any atom is -0.0558 e. The van der Waals surface area contributed by atoms with Crippen LogP contribution in [0, 0.1) is 6.92 Å². The average Bonchev–Trinajstić information content (AvgIpc) is 3.04. The van der Waals surface area contributed by atoms with Crippen LogP contribution in [0.1, 0.15) is 82.6 Å². The molecule has 0 heteroatoms. The molecule has 0 N–H and O–H groups in total. The van der Waals surface area contributed by atoms with E-state index in [-0.39, 0.29) is 0 Å². The molecule has 0 amide bonds. The number of benzene rings is 1. The van der Waals surface area contributed by atoms with Gasteiger partial charge in [-0.25, -0.2) is 0 Å². The van der Waals surface area contributed by atoms with E-state index in [1.54, 1.807) is 16.7 Å². The Bertz CT molecular complexity index is 527. The molecule has 0 radical (unpaired) electrons. The van der Waals surface area contributed by atoms with Gasteiger partial charge in [0.2, 0.25) is 0 Å². The molecule has 2 aliphatic rings. The fourth-order valence-electron chi connectivity index (χ4n) is 3.83. The zero-order valence-electron chi connectivity index (χ0n) is 13.5. The Kier molecular flexibility index (Phi) is 2.54. The molecule has 0 bridgehead atoms. The molecule has 0 atom stereocenters. The number of hydrogen-bond acceptors (Lipinski definition) is 0. The summed E-state index contributed by atoms with van der Waals surface area (Å²) >= 11 is 0. The Morgan fingerprint density at radius 2 is 1.16 bits per heavy atom. The molecular formula is C19H28. The van der Waals surface area contributed by atoms with Gasteiger partial charge in [0.15, 0.2) is 0 Å². The Balaban J connectivity index is 2.22. The second-order valence-electron chi connectivity index (χ2n) is 8.54. The molecule has 0 aliphatic heterocycles. The highest BCUT2D eigenvalue weighted by atomic mass is 14.5. The van der Waals surface area contributed by atoms with Crippen molar-refractivity contribution in [3.05, 3.63) is 34.4 Å². The number of aryl methyl sites for hydroxylation is 1. The van der Waals surface area contributed by atoms with Crippen molar-refractivity contribution in [2.24, 2.45) is 0 Å². The number of hydrogen-bond donors (Lipinski definition) is 0. The third kappa shape index (κ3) is 1.95. The van der Waals surface area contributed by atoms with Crippen LogP contribution in [0.3, 0.4) is 0 Å². The summed E-state index contributed by atoms with van der Waals surface area (Å²) in [6, 6.07) is 5.08. The third-order valence-corrected chi connectivity index (χ3v) is 5.85. The van der Waals surface area contributed by atoms with Crippen molar-refractivity contribution in [2.45, 2.75) is 83.5 Å². The highest BCUT2D eigenvalue weighted by Gasteiger charge is 2.43. The third-order valence-electron chi connectivity index (χ3n) is 5.85. The second-order valence-corrected chi connectivity index (χ2v) is 8.54. The fraction of sp³-hybridized carbons (Fsp3) is 0.684. The van der Waals surface area contributed by atoms with Gasteiger partial charge in [-0.05, 0) is 71.1 Å². The van der Waals surface area contributed by atoms with E-state index in [1.165, 1.54) is 31.2 Å². The van der Waals surface area contributed by atoms with Gasteiger partial charge < -0.3 is 0 Å². The molecule has 0 aromatic heterocycles. The molecule has 0 unspecified atom stereocenters. The van der Waals surface area contributed by atoms with Crippen molar-refractivity contribution in [2.75, 3.05) is 0 Å². The van der Waals surface area contributed by atoms with Crippen molar-refractivity contribution < 1.29 is 0 Å². The van der Waals surface area contributed by atoms with Crippen LogP contribution in [0.25, 0.3) is 0 Å². The van der Waals surface area contributed by atoms with Gasteiger partial charge >= 0.3 is 0 Å². The highest BCUT2D eigenvalue weighted by Crippen LogP contribution is 2.52. The molecule has 1 saturated carbocycles. The summed E-state index contributed by atoms with van der Waals surface area (Å²) in [6.07, 6.45) is 5.36. The predicted molar refractivity (Wildman–Crippen MR) is 83.1 cm³/mol. The van der Waals surface area contributed by atoms with Gasteiger partial charge in [-0.3, -0.25) is 0 Å². The van der Waals surface area contributed by atoms with Crippen molar-refractivity contribution >= 4 is 0 Å². The SMILES string of the molecule is Cc1cc2c(cc1C1(C)CC1)C(C)(C)CCC2(C)C. The molecule has 0 heterocycles. The van der Waals surface area contributed by atoms with Crippen molar-refractivity contribution in [1.82, 2.24) is 0 Å². The minimum atomic E-state index is 0.346. The fourth-order valence-corrected chi connectivity index (χ4v) is 3.83. The van der Waals surface area contributed by atoms with E-state index in [2.05, 4.69) is 53.7 Å². The Hall–Kier alpha value is -0.780. The number of fused-ring (bicyclic) bond motifs is 1. The summed E-state index contributed by atoms with van der Waals surface area (Å²) in [5.41, 5.74) is 7.54. The van der Waals surface area contributed by atoms with Crippen LogP contribution in [0.4, 0.5) is 0 Å². The van der Waals surface area contributed by atoms with Crippen molar-refractivity contribution in [1.29, 1.82) is 0 Å². The summed E-state index contributed by atoms with van der Waals surface area (Å²) in [7, 11) is 0. The first-order valence-corrected chi connectivity index (χ1v) is 7.82. The van der Waals surface area contributed by atoms with Gasteiger partial charge in [-0.1, -0.05) is 46.8 Å². The molecule has 1 fully saturated rings. The largest absolute Gasteiger partial charge is 0.0558 e. The molecule has 2 aliphatic carbocycles. The molecule has 1 aromatic rings. The van der Waals surface area contributed by atoms with Crippen molar-refractivity contribution in [3.63, 3.8) is 0 Å². The zero-order valence-corrected chi connectivity index (χ0v) is 13.5. The maximum Gasteiger partial charge on any atom is -0.00719 e. The first-order valence-electron chi connectivity index (χ1n) is 7.82. The summed E-state index contributed by atoms with van der Waals surface area (Å²) < 4.78 is 0. The van der Waals surface area contributed by atoms with Gasteiger partial charge in [0, 0.05) is 0 Å². The van der Waals surface area contributed by atoms with Crippen LogP contribution in [0.2, 0.25) is 0 Å². The molecule has 0 spiro atoms. The van der Waals surface area contributed by atoms with E-state index in [0.29, 0.717) is 16.2 Å². The van der Waals surface area contributed by atoms with Gasteiger partial charge in [0.1, 0.15) is 0 Å². The Morgan fingerprint density at radius 3 is 1.63 bits per heavy atom. The van der Waals surface area contributed by atoms with Crippen LogP contribution in [0.5, 0.6) is 0 Å². The molecule has 0 nitrogen and oxygen atoms in total. The highest BCUT2D eigenvalue weighted by molar-refractivity contribution is 5.50. The smallest absolute Gasteiger partial charge is 0.00719 e. The van der Waals surface area contributed by atoms with E-state index in [9.17, 15) is 0 Å². The summed E-state index contributed by atoms with van der Waals surface area (Å²) in [5.74, 6) is 0. The maximum absolute atomic E-state index is 2.57. The van der Waals surface area contributed by atoms with Crippen LogP contribution < -0.4 is 0 Å². The van der Waals surface area contributed by atoms with Crippen LogP contribution in [-0.4, -0.2) is 0 Å². The molecule has 3 rings (SSSR count). The molecule has 19 heavy (non-hydrogen) atoms. The molecule has 104 valence electrons. The monoisotopic (exact) mass is 256 g/mol. The topological polar surface area (TPSA) is 0 Å². The van der Waals surface area contributed by atoms with Crippen LogP contribution in [0.15, 0.2) is 12.1 Å². The lowest BCUT2D eigenvalue weighted by Crippen LogP contribution is -2.34. The molecule has 0 saturated heterocycles. The maximum atomic E-state index is 2.57. The Labute approximate surface area is 118 Å². The quantitative estimate of drug-likeness (QED) is 0.631. The van der Waals surface area contributed by atoms with Gasteiger partial charge in [-0.2, -0.15) is 0 Å². The Morgan fingerprint density at radius 1 is 0.684 bits per heavy atom. The second kappa shape index (κ2) is 3.65. The summed E-state index contributed by atoms with van der Waals surface area (Å²) in [6.45, 7) is 14.4. The van der Waals surface area contributed by atoms with E-state index in [4.69, 9.17) is 0 Å². The van der Waals surface area contributed by atoms with Gasteiger partial charge in [-0.15, -0.1) is 0 Å². The van der Waals surface area contributed by atoms with E-state index >= 15 is 0 Å². The minimum absolute atomic E-state index is 0.346. The molecule has 1 aromatic carbocycles. The molecular weight excluding hydrogens is 228 g/mol. The first-order chi connectivity index (χ1) is 8.66. The lowest BCUT2D eigenvalue weighted by molar-refractivity contribution is 0.331. The van der Waals surface area contributed by atoms with Crippen LogP contribution >= 0.6 is 0 Å². The van der Waals surface area contributed by atoms with E-state index in [0.717, 1.165) is 0 Å². The number of rotatable bonds is 1. The first kappa shape index (κ1) is 13.2. The van der Waals surface area contributed by atoms with Crippen LogP contribution in [-0.2, 0) is 16.2 Å². The normalized spacial score (nSPS) is 25.8. The average molecular weight is 256 g/mol. The van der Waals surface area contributed by atoms with Gasteiger partial charge in [0.25, 0.3) is 0 Å². The lowest BCUT2D eigenvalue weighted by Gasteiger charge is -2.42.